The van der Waals surface area contributed by atoms with Crippen molar-refractivity contribution in [3.63, 3.8) is 0 Å². The van der Waals surface area contributed by atoms with Gasteiger partial charge in [-0.1, -0.05) is 57.4 Å². The lowest BCUT2D eigenvalue weighted by atomic mass is 9.88. The molecule has 4 aromatic rings. The topological polar surface area (TPSA) is 158 Å². The number of carbonyl (C=O) groups is 3. The smallest absolute Gasteiger partial charge is 0.236 e. The van der Waals surface area contributed by atoms with Crippen LogP contribution in [0, 0.1) is 5.92 Å². The maximum Gasteiger partial charge on any atom is 0.236 e. The minimum atomic E-state index is -0.340. The van der Waals surface area contributed by atoms with E-state index >= 15 is 0 Å². The van der Waals surface area contributed by atoms with Crippen molar-refractivity contribution in [2.75, 3.05) is 43.4 Å². The minimum Gasteiger partial charge on any atom is -0.393 e. The number of benzene rings is 2. The number of piperidine rings is 2. The van der Waals surface area contributed by atoms with E-state index in [0.29, 0.717) is 49.0 Å². The number of nitrogens with zero attached hydrogens (tertiary/aromatic N) is 6. The van der Waals surface area contributed by atoms with E-state index in [1.54, 1.807) is 0 Å². The van der Waals surface area contributed by atoms with Gasteiger partial charge in [-0.25, -0.2) is 9.29 Å². The van der Waals surface area contributed by atoms with Crippen LogP contribution in [0.4, 0.5) is 11.8 Å². The average molecular weight is 852 g/mol. The summed E-state index contributed by atoms with van der Waals surface area (Å²) in [6.45, 7) is 11.7. The Balaban J connectivity index is 0.000000318. The summed E-state index contributed by atoms with van der Waals surface area (Å²) < 4.78 is 4.55. The number of nitrogens with one attached hydrogen (secondary N) is 3. The summed E-state index contributed by atoms with van der Waals surface area (Å²) in [5, 5.41) is 23.9. The molecular formula is C47H65N9O4S. The Labute approximate surface area is 365 Å². The van der Waals surface area contributed by atoms with Gasteiger partial charge in [-0.15, -0.1) is 0 Å². The fraction of sp³-hybridized carbons (Fsp3) is 0.574. The van der Waals surface area contributed by atoms with Crippen molar-refractivity contribution in [2.24, 2.45) is 13.0 Å². The predicted molar refractivity (Wildman–Crippen MR) is 242 cm³/mol. The van der Waals surface area contributed by atoms with E-state index in [1.165, 1.54) is 71.6 Å². The zero-order valence-electron chi connectivity index (χ0n) is 36.5. The lowest BCUT2D eigenvalue weighted by Gasteiger charge is -2.36. The van der Waals surface area contributed by atoms with E-state index in [2.05, 4.69) is 98.5 Å². The summed E-state index contributed by atoms with van der Waals surface area (Å²) in [4.78, 5) is 45.3. The quantitative estimate of drug-likeness (QED) is 0.0653. The van der Waals surface area contributed by atoms with E-state index < -0.39 is 0 Å². The molecule has 5 aliphatic rings. The van der Waals surface area contributed by atoms with Crippen molar-refractivity contribution in [1.82, 2.24) is 34.3 Å². The molecule has 9 rings (SSSR count). The summed E-state index contributed by atoms with van der Waals surface area (Å²) in [5.74, 6) is 2.55. The number of hydrogen-bond acceptors (Lipinski definition) is 11. The molecule has 2 amide bonds. The van der Waals surface area contributed by atoms with Gasteiger partial charge in [-0.3, -0.25) is 24.0 Å². The maximum atomic E-state index is 12.4. The van der Waals surface area contributed by atoms with Crippen molar-refractivity contribution in [2.45, 2.75) is 133 Å². The molecule has 0 bridgehead atoms. The number of aryl methyl sites for hydroxylation is 2. The van der Waals surface area contributed by atoms with E-state index in [4.69, 9.17) is 10.2 Å². The normalized spacial score (nSPS) is 21.4. The molecule has 2 atom stereocenters. The van der Waals surface area contributed by atoms with E-state index in [-0.39, 0.29) is 23.2 Å². The number of ketones is 1. The number of rotatable bonds is 12. The third-order valence-corrected chi connectivity index (χ3v) is 14.1. The van der Waals surface area contributed by atoms with Crippen molar-refractivity contribution >= 4 is 52.7 Å². The van der Waals surface area contributed by atoms with Crippen molar-refractivity contribution < 1.29 is 19.5 Å². The van der Waals surface area contributed by atoms with Gasteiger partial charge < -0.3 is 21.1 Å². The van der Waals surface area contributed by atoms with Crippen LogP contribution in [0.1, 0.15) is 120 Å². The number of hydrogen-bond donors (Lipinski definition) is 4. The number of aromatic nitrogens is 4. The number of anilines is 2. The number of amides is 2. The standard InChI is InChI=1S/C36H44N8OS.C6H12O.C5H9NO2/c1-4-30-28-9-8-26(19-32(28)42(3)41-30)25-10-15-43(16-11-25)22-24-6-5-7-27(18-24)46-44-17-12-31(23(2)21-44)38-35-37-20-29-33(40-35)39-34(45)36(29)13-14-36;7-6-4-2-1-3-5-6;1-5(8)2-3-6-4-7/h5-9,18-20,23,25,31H,4,10-17,21-22H2,1-3H3,(H2,37,38,39,40,45);6-7H,1-5H2;4H,2-3H2,1H3,(H,6,7)/t23?,31-;;/m0../s1. The highest BCUT2D eigenvalue weighted by atomic mass is 32.2. The van der Waals surface area contributed by atoms with Crippen LogP contribution in [0.25, 0.3) is 10.9 Å². The highest BCUT2D eigenvalue weighted by molar-refractivity contribution is 7.97. The van der Waals surface area contributed by atoms with Gasteiger partial charge in [0.2, 0.25) is 18.3 Å². The van der Waals surface area contributed by atoms with Crippen LogP contribution in [0.3, 0.4) is 0 Å². The Kier molecular flexibility index (Phi) is 15.1. The van der Waals surface area contributed by atoms with Gasteiger partial charge in [-0.2, -0.15) is 10.1 Å². The number of fused-ring (bicyclic) bond motifs is 3. The third kappa shape index (κ3) is 11.4. The summed E-state index contributed by atoms with van der Waals surface area (Å²) in [5.41, 5.74) is 5.94. The van der Waals surface area contributed by atoms with Crippen molar-refractivity contribution in [1.29, 1.82) is 0 Å². The van der Waals surface area contributed by atoms with Crippen LogP contribution in [0.2, 0.25) is 0 Å². The molecule has 0 radical (unpaired) electrons. The summed E-state index contributed by atoms with van der Waals surface area (Å²) in [7, 11) is 2.07. The summed E-state index contributed by atoms with van der Waals surface area (Å²) in [6, 6.07) is 16.4. The molecule has 1 spiro atoms. The Morgan fingerprint density at radius 3 is 2.51 bits per heavy atom. The largest absolute Gasteiger partial charge is 0.393 e. The lowest BCUT2D eigenvalue weighted by Crippen LogP contribution is -2.42. The first kappa shape index (κ1) is 44.7. The first-order valence-corrected chi connectivity index (χ1v) is 23.3. The average Bonchev–Trinajstić information content (AvgIpc) is 3.94. The Morgan fingerprint density at radius 2 is 1.84 bits per heavy atom. The Hall–Kier alpha value is -4.37. The SMILES string of the molecule is CC(=O)CCNC=O.CCc1nn(C)c2cc(C3CCN(Cc4cccc(SN5CC[C@H](Nc6ncc7c(n6)NC(=O)C76CC6)C(C)C5)c4)CC3)ccc12.OC1CCCCC1. The van der Waals surface area contributed by atoms with Crippen molar-refractivity contribution in [3.05, 3.63) is 71.0 Å². The molecule has 2 aromatic heterocycles. The molecule has 2 aliphatic carbocycles. The van der Waals surface area contributed by atoms with Crippen LogP contribution in [-0.2, 0) is 39.8 Å². The van der Waals surface area contributed by atoms with Crippen LogP contribution in [-0.4, -0.2) is 97.0 Å². The van der Waals surface area contributed by atoms with E-state index in [9.17, 15) is 14.4 Å². The molecule has 3 aliphatic heterocycles. The molecule has 1 unspecified atom stereocenters. The first-order chi connectivity index (χ1) is 29.5. The van der Waals surface area contributed by atoms with Crippen LogP contribution in [0.15, 0.2) is 53.6 Å². The number of aliphatic hydroxyl groups excluding tert-OH is 1. The minimum absolute atomic E-state index is 0.0359. The molecular weight excluding hydrogens is 787 g/mol. The molecule has 5 heterocycles. The van der Waals surface area contributed by atoms with Crippen LogP contribution >= 0.6 is 11.9 Å². The molecule has 2 saturated carbocycles. The van der Waals surface area contributed by atoms with Gasteiger partial charge >= 0.3 is 0 Å². The highest BCUT2D eigenvalue weighted by Gasteiger charge is 2.57. The molecule has 61 heavy (non-hydrogen) atoms. The van der Waals surface area contributed by atoms with Gasteiger partial charge in [0.05, 0.1) is 22.7 Å². The Bertz CT molecular complexity index is 2130. The molecule has 4 fully saturated rings. The summed E-state index contributed by atoms with van der Waals surface area (Å²) in [6.07, 6.45) is 15.0. The molecule has 4 N–H and O–H groups in total. The first-order valence-electron chi connectivity index (χ1n) is 22.5. The third-order valence-electron chi connectivity index (χ3n) is 13.1. The zero-order chi connectivity index (χ0) is 42.9. The van der Waals surface area contributed by atoms with Crippen LogP contribution < -0.4 is 16.0 Å². The van der Waals surface area contributed by atoms with Gasteiger partial charge in [0.1, 0.15) is 11.6 Å². The molecule has 2 aromatic carbocycles. The molecule has 328 valence electrons. The maximum absolute atomic E-state index is 12.4. The second kappa shape index (κ2) is 20.7. The number of likely N-dealkylation sites (tertiary alicyclic amines) is 1. The van der Waals surface area contributed by atoms with Crippen LogP contribution in [0.5, 0.6) is 0 Å². The fourth-order valence-corrected chi connectivity index (χ4v) is 10.4. The predicted octanol–water partition coefficient (Wildman–Crippen LogP) is 7.14. The van der Waals surface area contributed by atoms with E-state index in [1.807, 2.05) is 22.8 Å². The molecule has 13 nitrogen and oxygen atoms in total. The van der Waals surface area contributed by atoms with Gasteiger partial charge in [-0.05, 0) is 124 Å². The van der Waals surface area contributed by atoms with Gasteiger partial charge in [0, 0.05) is 67.7 Å². The second-order valence-electron chi connectivity index (χ2n) is 17.7. The van der Waals surface area contributed by atoms with Gasteiger partial charge in [0.15, 0.2) is 0 Å². The summed E-state index contributed by atoms with van der Waals surface area (Å²) >= 11 is 1.88. The molecule has 14 heteroatoms. The zero-order valence-corrected chi connectivity index (χ0v) is 37.3. The number of carbonyl (C=O) groups excluding carboxylic acids is 3. The number of aliphatic hydroxyl groups is 1. The second-order valence-corrected chi connectivity index (χ2v) is 18.9. The lowest BCUT2D eigenvalue weighted by molar-refractivity contribution is -0.118. The Morgan fingerprint density at radius 1 is 1.05 bits per heavy atom. The highest BCUT2D eigenvalue weighted by Crippen LogP contribution is 2.54. The number of Topliss-reactive ketones (excluding diaryl/α,β-unsaturated/α-hetero) is 1. The molecule has 2 saturated heterocycles. The van der Waals surface area contributed by atoms with E-state index in [0.717, 1.165) is 76.8 Å². The van der Waals surface area contributed by atoms with Crippen molar-refractivity contribution in [3.8, 4) is 0 Å². The fourth-order valence-electron chi connectivity index (χ4n) is 9.22. The monoisotopic (exact) mass is 851 g/mol. The van der Waals surface area contributed by atoms with Gasteiger partial charge in [0.25, 0.3) is 0 Å².